The highest BCUT2D eigenvalue weighted by molar-refractivity contribution is 8.00. The van der Waals surface area contributed by atoms with E-state index in [1.165, 1.54) is 57.2 Å². The van der Waals surface area contributed by atoms with Gasteiger partial charge in [-0.2, -0.15) is 0 Å². The first-order valence-electron chi connectivity index (χ1n) is 17.8. The molecule has 1 fully saturated rings. The number of hydrogen-bond donors (Lipinski definition) is 1. The van der Waals surface area contributed by atoms with Gasteiger partial charge in [0.25, 0.3) is 0 Å². The van der Waals surface area contributed by atoms with E-state index < -0.39 is 0 Å². The Morgan fingerprint density at radius 3 is 2.12 bits per heavy atom. The van der Waals surface area contributed by atoms with Gasteiger partial charge in [0.05, 0.1) is 16.4 Å². The summed E-state index contributed by atoms with van der Waals surface area (Å²) in [6.45, 7) is 3.39. The summed E-state index contributed by atoms with van der Waals surface area (Å²) in [6.07, 6.45) is 4.84. The number of para-hydroxylation sites is 3. The molecule has 4 heteroatoms. The first kappa shape index (κ1) is 30.3. The Balaban J connectivity index is 1.14. The molecule has 2 aliphatic heterocycles. The fraction of sp³-hybridized carbons (Fsp3) is 0.200. The third kappa shape index (κ3) is 5.00. The van der Waals surface area contributed by atoms with E-state index in [4.69, 9.17) is 0 Å². The van der Waals surface area contributed by atoms with Crippen molar-refractivity contribution in [3.8, 4) is 5.69 Å². The smallest absolute Gasteiger partial charge is 0.0684 e. The molecule has 0 aliphatic carbocycles. The van der Waals surface area contributed by atoms with Gasteiger partial charge in [0.2, 0.25) is 0 Å². The summed E-state index contributed by atoms with van der Waals surface area (Å²) in [4.78, 5) is 3.81. The van der Waals surface area contributed by atoms with Gasteiger partial charge >= 0.3 is 0 Å². The molecule has 6 aromatic carbocycles. The molecule has 7 aromatic rings. The number of anilines is 3. The Labute approximate surface area is 293 Å². The van der Waals surface area contributed by atoms with Crippen LogP contribution in [0, 0.1) is 0 Å². The number of hydrogen-bond acceptors (Lipinski definition) is 3. The maximum absolute atomic E-state index is 3.94. The lowest BCUT2D eigenvalue weighted by Gasteiger charge is -2.47. The molecule has 0 spiro atoms. The Morgan fingerprint density at radius 1 is 0.694 bits per heavy atom. The molecule has 1 aromatic heterocycles. The summed E-state index contributed by atoms with van der Waals surface area (Å²) >= 11 is 2.05. The highest BCUT2D eigenvalue weighted by atomic mass is 32.2. The zero-order chi connectivity index (χ0) is 32.8. The van der Waals surface area contributed by atoms with Crippen molar-refractivity contribution in [1.82, 2.24) is 9.88 Å². The van der Waals surface area contributed by atoms with Gasteiger partial charge < -0.3 is 14.8 Å². The molecular weight excluding hydrogens is 615 g/mol. The van der Waals surface area contributed by atoms with Crippen molar-refractivity contribution in [2.45, 2.75) is 54.2 Å². The molecule has 3 atom stereocenters. The van der Waals surface area contributed by atoms with Crippen LogP contribution in [-0.4, -0.2) is 16.5 Å². The molecule has 2 aliphatic rings. The third-order valence-corrected chi connectivity index (χ3v) is 12.4. The number of thioether (sulfide) groups is 1. The van der Waals surface area contributed by atoms with E-state index in [0.717, 1.165) is 30.0 Å². The summed E-state index contributed by atoms with van der Waals surface area (Å²) in [5, 5.41) is 6.89. The number of nitrogens with zero attached hydrogens (tertiary/aromatic N) is 2. The number of fused-ring (bicyclic) bond motifs is 6. The number of rotatable bonds is 8. The predicted molar refractivity (Wildman–Crippen MR) is 208 cm³/mol. The molecule has 3 nitrogen and oxygen atoms in total. The number of benzene rings is 6. The lowest BCUT2D eigenvalue weighted by atomic mass is 9.62. The van der Waals surface area contributed by atoms with E-state index in [2.05, 4.69) is 185 Å². The molecule has 3 unspecified atom stereocenters. The maximum atomic E-state index is 3.94. The van der Waals surface area contributed by atoms with Crippen LogP contribution in [0.25, 0.3) is 27.5 Å². The lowest BCUT2D eigenvalue weighted by molar-refractivity contribution is 0.227. The van der Waals surface area contributed by atoms with Crippen molar-refractivity contribution >= 4 is 50.6 Å². The Bertz CT molecular complexity index is 2200. The average molecular weight is 656 g/mol. The van der Waals surface area contributed by atoms with Gasteiger partial charge in [-0.15, -0.1) is 11.8 Å². The predicted octanol–water partition coefficient (Wildman–Crippen LogP) is 11.9. The molecule has 9 rings (SSSR count). The first-order chi connectivity index (χ1) is 24.3. The van der Waals surface area contributed by atoms with Crippen LogP contribution in [0.5, 0.6) is 0 Å². The summed E-state index contributed by atoms with van der Waals surface area (Å²) in [5.74, 6) is 0.484. The largest absolute Gasteiger partial charge is 0.310 e. The van der Waals surface area contributed by atoms with Crippen molar-refractivity contribution in [3.05, 3.63) is 163 Å². The molecule has 0 bridgehead atoms. The second-order valence-corrected chi connectivity index (χ2v) is 14.7. The van der Waals surface area contributed by atoms with Crippen molar-refractivity contribution < 1.29 is 0 Å². The normalized spacial score (nSPS) is 19.9. The van der Waals surface area contributed by atoms with Crippen molar-refractivity contribution in [1.29, 1.82) is 0 Å². The van der Waals surface area contributed by atoms with Crippen molar-refractivity contribution in [3.63, 3.8) is 0 Å². The van der Waals surface area contributed by atoms with Crippen LogP contribution < -0.4 is 10.2 Å². The number of unbranched alkanes of at least 4 members (excludes halogenated alkanes) is 1. The van der Waals surface area contributed by atoms with Gasteiger partial charge in [-0.3, -0.25) is 0 Å². The number of piperidine rings is 1. The van der Waals surface area contributed by atoms with E-state index >= 15 is 0 Å². The summed E-state index contributed by atoms with van der Waals surface area (Å²) in [6, 6.07) is 55.9. The zero-order valence-corrected chi connectivity index (χ0v) is 28.7. The highest BCUT2D eigenvalue weighted by Gasteiger charge is 2.54. The molecule has 3 heterocycles. The molecule has 0 radical (unpaired) electrons. The summed E-state index contributed by atoms with van der Waals surface area (Å²) in [5.41, 5.74) is 10.2. The highest BCUT2D eigenvalue weighted by Crippen LogP contribution is 2.60. The van der Waals surface area contributed by atoms with Crippen LogP contribution in [0.3, 0.4) is 0 Å². The van der Waals surface area contributed by atoms with Crippen molar-refractivity contribution in [2.75, 3.05) is 11.4 Å². The minimum atomic E-state index is 0.115. The molecule has 0 amide bonds. The fourth-order valence-corrected chi connectivity index (χ4v) is 10.4. The van der Waals surface area contributed by atoms with Crippen LogP contribution in [-0.2, 0) is 5.41 Å². The fourth-order valence-electron chi connectivity index (χ4n) is 8.75. The van der Waals surface area contributed by atoms with Gasteiger partial charge in [-0.25, -0.2) is 0 Å². The Kier molecular flexibility index (Phi) is 7.79. The molecule has 49 heavy (non-hydrogen) atoms. The van der Waals surface area contributed by atoms with Crippen LogP contribution in [0.4, 0.5) is 17.1 Å². The molecule has 242 valence electrons. The van der Waals surface area contributed by atoms with Crippen LogP contribution >= 0.6 is 11.8 Å². The monoisotopic (exact) mass is 655 g/mol. The SMILES string of the molecule is CCCCC12c3ccccc3SC1NCCC2c1ccc(-n2c3ccccc3c3cc(N(c4ccccc4)c4ccccc4)ccc32)cc1. The summed E-state index contributed by atoms with van der Waals surface area (Å²) in [7, 11) is 0. The van der Waals surface area contributed by atoms with Crippen LogP contribution in [0.1, 0.15) is 49.7 Å². The quantitative estimate of drug-likeness (QED) is 0.176. The average Bonchev–Trinajstić information content (AvgIpc) is 3.68. The van der Waals surface area contributed by atoms with Crippen LogP contribution in [0.15, 0.2) is 157 Å². The minimum absolute atomic E-state index is 0.115. The van der Waals surface area contributed by atoms with Crippen molar-refractivity contribution in [2.24, 2.45) is 0 Å². The van der Waals surface area contributed by atoms with Gasteiger partial charge in [0.15, 0.2) is 0 Å². The van der Waals surface area contributed by atoms with Crippen LogP contribution in [0.2, 0.25) is 0 Å². The number of nitrogens with one attached hydrogen (secondary N) is 1. The van der Waals surface area contributed by atoms with Gasteiger partial charge in [0.1, 0.15) is 0 Å². The van der Waals surface area contributed by atoms with Gasteiger partial charge in [-0.1, -0.05) is 105 Å². The third-order valence-electron chi connectivity index (χ3n) is 10.9. The second-order valence-electron chi connectivity index (χ2n) is 13.6. The Hall–Kier alpha value is -4.77. The zero-order valence-electron chi connectivity index (χ0n) is 27.9. The maximum Gasteiger partial charge on any atom is 0.0684 e. The minimum Gasteiger partial charge on any atom is -0.310 e. The molecule has 1 saturated heterocycles. The Morgan fingerprint density at radius 2 is 1.37 bits per heavy atom. The number of aromatic nitrogens is 1. The standard InChI is InChI=1S/C45H41N3S/c1-2-3-29-45-39(28-30-46-44(45)49-43-21-13-11-19-40(43)45)32-22-24-35(25-23-32)48-41-20-12-10-18-37(41)38-31-36(26-27-42(38)48)47(33-14-6-4-7-15-33)34-16-8-5-9-17-34/h4-27,31,39,44,46H,2-3,28-30H2,1H3. The molecular formula is C45H41N3S. The molecule has 1 N–H and O–H groups in total. The van der Waals surface area contributed by atoms with E-state index in [0.29, 0.717) is 11.3 Å². The first-order valence-corrected chi connectivity index (χ1v) is 18.7. The second kappa shape index (κ2) is 12.6. The van der Waals surface area contributed by atoms with E-state index in [1.807, 2.05) is 0 Å². The molecule has 0 saturated carbocycles. The van der Waals surface area contributed by atoms with E-state index in [1.54, 1.807) is 5.56 Å². The van der Waals surface area contributed by atoms with E-state index in [-0.39, 0.29) is 5.41 Å². The van der Waals surface area contributed by atoms with E-state index in [9.17, 15) is 0 Å². The van der Waals surface area contributed by atoms with Gasteiger partial charge in [-0.05, 0) is 103 Å². The topological polar surface area (TPSA) is 20.2 Å². The lowest BCUT2D eigenvalue weighted by Crippen LogP contribution is -2.52. The van der Waals surface area contributed by atoms with Gasteiger partial charge in [0, 0.05) is 43.8 Å². The summed E-state index contributed by atoms with van der Waals surface area (Å²) < 4.78 is 2.45.